The molecule has 0 unspecified atom stereocenters. The first kappa shape index (κ1) is 13.6. The van der Waals surface area contributed by atoms with E-state index in [2.05, 4.69) is 41.0 Å². The molecule has 23 heavy (non-hydrogen) atoms. The topological polar surface area (TPSA) is 104 Å². The Kier molecular flexibility index (Phi) is 3.31. The number of anilines is 4. The van der Waals surface area contributed by atoms with E-state index in [0.29, 0.717) is 5.82 Å². The molecule has 0 atom stereocenters. The third-order valence-electron chi connectivity index (χ3n) is 3.09. The van der Waals surface area contributed by atoms with Crippen molar-refractivity contribution >= 4 is 44.7 Å². The Balaban J connectivity index is 1.63. The standard InChI is InChI=1S/C14H12N8S/c1-8-21-22-14(23-8)20-13-3-2-11-12(19-13)4-9(5-15-11)18-10-6-16-17-7-10/h2-7,18H,1H3,(H,16,17)(H,19,20,22). The molecular formula is C14H12N8S. The molecule has 0 radical (unpaired) electrons. The summed E-state index contributed by atoms with van der Waals surface area (Å²) in [4.78, 5) is 8.98. The molecule has 4 heterocycles. The molecule has 0 bridgehead atoms. The van der Waals surface area contributed by atoms with Crippen LogP contribution in [0.15, 0.2) is 36.8 Å². The van der Waals surface area contributed by atoms with Crippen molar-refractivity contribution in [1.29, 1.82) is 0 Å². The maximum Gasteiger partial charge on any atom is 0.211 e. The summed E-state index contributed by atoms with van der Waals surface area (Å²) in [5.41, 5.74) is 3.31. The first-order valence-electron chi connectivity index (χ1n) is 6.86. The number of fused-ring (bicyclic) bond motifs is 1. The Morgan fingerprint density at radius 2 is 2.00 bits per heavy atom. The average Bonchev–Trinajstić information content (AvgIpc) is 3.19. The van der Waals surface area contributed by atoms with Crippen molar-refractivity contribution in [3.05, 3.63) is 41.8 Å². The highest BCUT2D eigenvalue weighted by molar-refractivity contribution is 7.15. The van der Waals surface area contributed by atoms with Crippen LogP contribution in [0.3, 0.4) is 0 Å². The summed E-state index contributed by atoms with van der Waals surface area (Å²) in [6.45, 7) is 1.91. The van der Waals surface area contributed by atoms with Gasteiger partial charge in [0.05, 0.1) is 34.8 Å². The van der Waals surface area contributed by atoms with Gasteiger partial charge in [0.1, 0.15) is 10.8 Å². The van der Waals surface area contributed by atoms with E-state index >= 15 is 0 Å². The largest absolute Gasteiger partial charge is 0.352 e. The van der Waals surface area contributed by atoms with Crippen LogP contribution < -0.4 is 10.6 Å². The molecule has 0 spiro atoms. The number of hydrogen-bond donors (Lipinski definition) is 3. The summed E-state index contributed by atoms with van der Waals surface area (Å²) in [6, 6.07) is 5.72. The second-order valence-corrected chi connectivity index (χ2v) is 6.00. The number of hydrogen-bond acceptors (Lipinski definition) is 8. The van der Waals surface area contributed by atoms with Gasteiger partial charge in [-0.05, 0) is 25.1 Å². The summed E-state index contributed by atoms with van der Waals surface area (Å²) < 4.78 is 0. The van der Waals surface area contributed by atoms with Crippen molar-refractivity contribution in [2.75, 3.05) is 10.6 Å². The van der Waals surface area contributed by atoms with Gasteiger partial charge in [0, 0.05) is 6.20 Å². The van der Waals surface area contributed by atoms with Gasteiger partial charge in [-0.25, -0.2) is 4.98 Å². The van der Waals surface area contributed by atoms with Crippen molar-refractivity contribution in [3.8, 4) is 0 Å². The van der Waals surface area contributed by atoms with Crippen LogP contribution >= 0.6 is 11.3 Å². The Morgan fingerprint density at radius 3 is 2.78 bits per heavy atom. The minimum Gasteiger partial charge on any atom is -0.352 e. The van der Waals surface area contributed by atoms with Crippen LogP contribution in [0, 0.1) is 6.92 Å². The normalized spacial score (nSPS) is 10.8. The van der Waals surface area contributed by atoms with Gasteiger partial charge in [0.15, 0.2) is 0 Å². The van der Waals surface area contributed by atoms with Gasteiger partial charge in [0.25, 0.3) is 0 Å². The molecule has 0 aliphatic carbocycles. The van der Waals surface area contributed by atoms with Crippen LogP contribution in [0.2, 0.25) is 0 Å². The summed E-state index contributed by atoms with van der Waals surface area (Å²) >= 11 is 1.48. The molecule has 3 N–H and O–H groups in total. The predicted molar refractivity (Wildman–Crippen MR) is 89.3 cm³/mol. The highest BCUT2D eigenvalue weighted by Crippen LogP contribution is 2.23. The number of pyridine rings is 2. The Bertz CT molecular complexity index is 946. The van der Waals surface area contributed by atoms with Crippen molar-refractivity contribution in [3.63, 3.8) is 0 Å². The fourth-order valence-electron chi connectivity index (χ4n) is 2.09. The molecule has 0 fully saturated rings. The number of aromatic amines is 1. The van der Waals surface area contributed by atoms with E-state index in [1.54, 1.807) is 18.6 Å². The molecule has 8 nitrogen and oxygen atoms in total. The average molecular weight is 324 g/mol. The lowest BCUT2D eigenvalue weighted by atomic mass is 10.3. The maximum absolute atomic E-state index is 4.57. The van der Waals surface area contributed by atoms with E-state index in [9.17, 15) is 0 Å². The Hall–Kier alpha value is -3.07. The van der Waals surface area contributed by atoms with Gasteiger partial charge >= 0.3 is 0 Å². The highest BCUT2D eigenvalue weighted by Gasteiger charge is 2.05. The van der Waals surface area contributed by atoms with Crippen molar-refractivity contribution in [2.45, 2.75) is 6.92 Å². The number of aromatic nitrogens is 6. The monoisotopic (exact) mass is 324 g/mol. The lowest BCUT2D eigenvalue weighted by Gasteiger charge is -2.06. The summed E-state index contributed by atoms with van der Waals surface area (Å²) in [5, 5.41) is 22.7. The summed E-state index contributed by atoms with van der Waals surface area (Å²) in [7, 11) is 0. The number of aryl methyl sites for hydroxylation is 1. The van der Waals surface area contributed by atoms with E-state index in [1.165, 1.54) is 11.3 Å². The van der Waals surface area contributed by atoms with E-state index < -0.39 is 0 Å². The molecule has 0 aliphatic heterocycles. The van der Waals surface area contributed by atoms with Crippen LogP contribution in [-0.4, -0.2) is 30.4 Å². The molecule has 0 amide bonds. The first-order chi connectivity index (χ1) is 11.3. The first-order valence-corrected chi connectivity index (χ1v) is 7.68. The fourth-order valence-corrected chi connectivity index (χ4v) is 2.69. The fraction of sp³-hybridized carbons (Fsp3) is 0.0714. The molecule has 0 aliphatic rings. The highest BCUT2D eigenvalue weighted by atomic mass is 32.1. The number of H-pyrrole nitrogens is 1. The van der Waals surface area contributed by atoms with Gasteiger partial charge < -0.3 is 10.6 Å². The van der Waals surface area contributed by atoms with Crippen LogP contribution in [0.4, 0.5) is 22.3 Å². The molecule has 0 saturated carbocycles. The number of nitrogens with zero attached hydrogens (tertiary/aromatic N) is 5. The van der Waals surface area contributed by atoms with E-state index in [1.807, 2.05) is 25.1 Å². The van der Waals surface area contributed by atoms with E-state index in [-0.39, 0.29) is 0 Å². The minimum absolute atomic E-state index is 0.705. The van der Waals surface area contributed by atoms with Crippen LogP contribution in [0.5, 0.6) is 0 Å². The smallest absolute Gasteiger partial charge is 0.211 e. The van der Waals surface area contributed by atoms with E-state index in [4.69, 9.17) is 0 Å². The van der Waals surface area contributed by atoms with Gasteiger partial charge in [-0.1, -0.05) is 11.3 Å². The summed E-state index contributed by atoms with van der Waals surface area (Å²) in [5.74, 6) is 0.705. The van der Waals surface area contributed by atoms with Crippen molar-refractivity contribution in [2.24, 2.45) is 0 Å². The zero-order valence-corrected chi connectivity index (χ0v) is 12.9. The van der Waals surface area contributed by atoms with Crippen LogP contribution in [-0.2, 0) is 0 Å². The van der Waals surface area contributed by atoms with Crippen molar-refractivity contribution in [1.82, 2.24) is 30.4 Å². The summed E-state index contributed by atoms with van der Waals surface area (Å²) in [6.07, 6.45) is 5.24. The second kappa shape index (κ2) is 5.61. The zero-order chi connectivity index (χ0) is 15.6. The maximum atomic E-state index is 4.57. The third kappa shape index (κ3) is 2.94. The minimum atomic E-state index is 0.705. The van der Waals surface area contributed by atoms with E-state index in [0.717, 1.165) is 32.5 Å². The predicted octanol–water partition coefficient (Wildman–Crippen LogP) is 3.00. The van der Waals surface area contributed by atoms with Crippen LogP contribution in [0.25, 0.3) is 11.0 Å². The number of rotatable bonds is 4. The van der Waals surface area contributed by atoms with Crippen molar-refractivity contribution < 1.29 is 0 Å². The lowest BCUT2D eigenvalue weighted by molar-refractivity contribution is 1.05. The second-order valence-electron chi connectivity index (χ2n) is 4.82. The molecule has 4 aromatic heterocycles. The molecule has 4 aromatic rings. The molecular weight excluding hydrogens is 312 g/mol. The van der Waals surface area contributed by atoms with Crippen LogP contribution in [0.1, 0.15) is 5.01 Å². The SMILES string of the molecule is Cc1nnc(Nc2ccc3ncc(Nc4cn[nH]c4)cc3n2)s1. The third-order valence-corrected chi connectivity index (χ3v) is 3.84. The Labute approximate surface area is 135 Å². The molecule has 0 saturated heterocycles. The Morgan fingerprint density at radius 1 is 1.04 bits per heavy atom. The molecule has 4 rings (SSSR count). The zero-order valence-electron chi connectivity index (χ0n) is 12.1. The van der Waals surface area contributed by atoms with Gasteiger partial charge in [-0.15, -0.1) is 10.2 Å². The van der Waals surface area contributed by atoms with Gasteiger partial charge in [-0.3, -0.25) is 10.1 Å². The molecule has 114 valence electrons. The lowest BCUT2D eigenvalue weighted by Crippen LogP contribution is -1.95. The number of nitrogens with one attached hydrogen (secondary N) is 3. The quantitative estimate of drug-likeness (QED) is 0.530. The molecule has 0 aromatic carbocycles. The van der Waals surface area contributed by atoms with Gasteiger partial charge in [0.2, 0.25) is 5.13 Å². The van der Waals surface area contributed by atoms with Gasteiger partial charge in [-0.2, -0.15) is 5.10 Å². The molecule has 9 heteroatoms.